The number of hydrogen-bond donors (Lipinski definition) is 0. The number of aromatic nitrogens is 12. The molecule has 0 atom stereocenters. The fraction of sp³-hybridized carbons (Fsp3) is 0.0678. The van der Waals surface area contributed by atoms with Gasteiger partial charge in [0.2, 0.25) is 0 Å². The summed E-state index contributed by atoms with van der Waals surface area (Å²) in [5.41, 5.74) is 11.1. The monoisotopic (exact) mass is 918 g/mol. The number of hydrogen-bond acceptors (Lipinski definition) is 11. The summed E-state index contributed by atoms with van der Waals surface area (Å²) in [6.45, 7) is 7.55. The first-order valence-electron chi connectivity index (χ1n) is 23.3. The molecule has 338 valence electrons. The third kappa shape index (κ3) is 8.33. The van der Waals surface area contributed by atoms with Crippen LogP contribution in [0.3, 0.4) is 0 Å². The fourth-order valence-corrected chi connectivity index (χ4v) is 9.11. The van der Waals surface area contributed by atoms with Crippen molar-refractivity contribution in [2.45, 2.75) is 27.7 Å². The lowest BCUT2D eigenvalue weighted by molar-refractivity contribution is 0.928. The van der Waals surface area contributed by atoms with Crippen molar-refractivity contribution in [3.63, 3.8) is 0 Å². The number of rotatable bonds is 9. The van der Waals surface area contributed by atoms with E-state index in [1.165, 1.54) is 0 Å². The summed E-state index contributed by atoms with van der Waals surface area (Å²) >= 11 is 0. The van der Waals surface area contributed by atoms with Gasteiger partial charge in [0.15, 0.2) is 34.9 Å². The zero-order chi connectivity index (χ0) is 48.0. The summed E-state index contributed by atoms with van der Waals surface area (Å²) < 4.78 is 2.28. The molecule has 12 rings (SSSR count). The molecule has 0 spiro atoms. The van der Waals surface area contributed by atoms with Gasteiger partial charge in [0.25, 0.3) is 0 Å². The van der Waals surface area contributed by atoms with Crippen LogP contribution in [0, 0.1) is 27.7 Å². The van der Waals surface area contributed by atoms with Crippen molar-refractivity contribution in [1.29, 1.82) is 0 Å². The molecule has 0 unspecified atom stereocenters. The Morgan fingerprint density at radius 3 is 1.04 bits per heavy atom. The smallest absolute Gasteiger partial charge is 0.164 e. The van der Waals surface area contributed by atoms with E-state index >= 15 is 0 Å². The lowest BCUT2D eigenvalue weighted by Gasteiger charge is -2.17. The Labute approximate surface area is 409 Å². The van der Waals surface area contributed by atoms with Gasteiger partial charge in [-0.15, -0.1) is 0 Å². The SMILES string of the molecule is Cc1nc(C)nc(-c2ccc3c4ccc(-c5nc(C)nc(C)n5)cc4n(-c4ccc(-c5nc(-c6ccccc6)nc(-c6ccccc6)n5)cc4-c4nc(-c5ccccc5)cc(-c5ccccc5)n4)c3c2)n1. The molecular weight excluding hydrogens is 877 g/mol. The molecule has 12 nitrogen and oxygen atoms in total. The first-order valence-corrected chi connectivity index (χ1v) is 23.3. The van der Waals surface area contributed by atoms with E-state index in [1.807, 2.05) is 125 Å². The highest BCUT2D eigenvalue weighted by Gasteiger charge is 2.23. The second kappa shape index (κ2) is 17.8. The summed E-state index contributed by atoms with van der Waals surface area (Å²) in [7, 11) is 0. The summed E-state index contributed by atoms with van der Waals surface area (Å²) in [6, 6.07) is 61.5. The van der Waals surface area contributed by atoms with E-state index in [4.69, 9.17) is 44.9 Å². The first kappa shape index (κ1) is 42.8. The third-order valence-electron chi connectivity index (χ3n) is 12.3. The maximum absolute atomic E-state index is 5.43. The average molecular weight is 919 g/mol. The summed E-state index contributed by atoms with van der Waals surface area (Å²) in [4.78, 5) is 54.3. The fourth-order valence-electron chi connectivity index (χ4n) is 9.11. The highest BCUT2D eigenvalue weighted by molar-refractivity contribution is 6.11. The Hall–Kier alpha value is -9.55. The second-order valence-electron chi connectivity index (χ2n) is 17.3. The largest absolute Gasteiger partial charge is 0.308 e. The lowest BCUT2D eigenvalue weighted by atomic mass is 10.0. The molecule has 0 amide bonds. The topological polar surface area (TPSA) is 147 Å². The second-order valence-corrected chi connectivity index (χ2v) is 17.3. The normalized spacial score (nSPS) is 11.4. The molecule has 0 saturated heterocycles. The molecule has 0 N–H and O–H groups in total. The third-order valence-corrected chi connectivity index (χ3v) is 12.3. The van der Waals surface area contributed by atoms with Crippen molar-refractivity contribution >= 4 is 21.8 Å². The van der Waals surface area contributed by atoms with Gasteiger partial charge in [-0.2, -0.15) is 0 Å². The van der Waals surface area contributed by atoms with Crippen LogP contribution in [0.15, 0.2) is 182 Å². The van der Waals surface area contributed by atoms with Crippen molar-refractivity contribution in [3.05, 3.63) is 205 Å². The van der Waals surface area contributed by atoms with Crippen LogP contribution in [0.1, 0.15) is 23.3 Å². The molecule has 0 aliphatic carbocycles. The Balaban J connectivity index is 1.18. The molecule has 7 aromatic carbocycles. The number of benzene rings is 7. The van der Waals surface area contributed by atoms with Gasteiger partial charge in [-0.25, -0.2) is 54.8 Å². The summed E-state index contributed by atoms with van der Waals surface area (Å²) in [5, 5.41) is 2.05. The number of aryl methyl sites for hydroxylation is 4. The van der Waals surface area contributed by atoms with Crippen molar-refractivity contribution < 1.29 is 0 Å². The van der Waals surface area contributed by atoms with Gasteiger partial charge < -0.3 is 4.57 Å². The van der Waals surface area contributed by atoms with Gasteiger partial charge in [-0.1, -0.05) is 146 Å². The van der Waals surface area contributed by atoms with E-state index in [2.05, 4.69) is 99.5 Å². The van der Waals surface area contributed by atoms with Gasteiger partial charge in [0.1, 0.15) is 23.3 Å². The van der Waals surface area contributed by atoms with E-state index in [9.17, 15) is 0 Å². The van der Waals surface area contributed by atoms with Crippen molar-refractivity contribution in [1.82, 2.24) is 59.4 Å². The molecule has 0 bridgehead atoms. The minimum Gasteiger partial charge on any atom is -0.308 e. The van der Waals surface area contributed by atoms with Crippen LogP contribution in [0.5, 0.6) is 0 Å². The molecule has 5 aromatic heterocycles. The molecule has 12 aromatic rings. The average Bonchev–Trinajstić information content (AvgIpc) is 3.73. The highest BCUT2D eigenvalue weighted by Crippen LogP contribution is 2.41. The number of nitrogens with zero attached hydrogens (tertiary/aromatic N) is 12. The van der Waals surface area contributed by atoms with Crippen LogP contribution in [0.4, 0.5) is 0 Å². The van der Waals surface area contributed by atoms with Crippen molar-refractivity contribution in [3.8, 4) is 96.5 Å². The molecule has 5 heterocycles. The minimum absolute atomic E-state index is 0.501. The predicted molar refractivity (Wildman–Crippen MR) is 279 cm³/mol. The Morgan fingerprint density at radius 2 is 0.620 bits per heavy atom. The van der Waals surface area contributed by atoms with Crippen LogP contribution in [0.25, 0.3) is 118 Å². The zero-order valence-corrected chi connectivity index (χ0v) is 39.2. The standard InChI is InChI=1S/C59H42N12/c1-35-60-36(2)63-56(62-35)44-25-28-46-47-29-26-45(57-64-37(3)61-38(4)65-57)33-53(47)71(52(46)32-44)51-30-27-43(58-69-54(41-21-13-7-14-22-41)68-55(70-58)42-23-15-8-16-24-42)31-48(51)59-66-49(39-17-9-5-10-18-39)34-50(67-59)40-19-11-6-12-20-40/h5-34H,1-4H3. The molecule has 0 aliphatic heterocycles. The number of fused-ring (bicyclic) bond motifs is 3. The molecule has 0 aliphatic rings. The van der Waals surface area contributed by atoms with E-state index in [0.29, 0.717) is 58.2 Å². The van der Waals surface area contributed by atoms with Crippen molar-refractivity contribution in [2.75, 3.05) is 0 Å². The Kier molecular flexibility index (Phi) is 10.7. The van der Waals surface area contributed by atoms with Gasteiger partial charge >= 0.3 is 0 Å². The molecule has 0 fully saturated rings. The zero-order valence-electron chi connectivity index (χ0n) is 39.2. The Morgan fingerprint density at radius 1 is 0.268 bits per heavy atom. The van der Waals surface area contributed by atoms with E-state index in [-0.39, 0.29) is 0 Å². The van der Waals surface area contributed by atoms with E-state index in [1.54, 1.807) is 0 Å². The van der Waals surface area contributed by atoms with Gasteiger partial charge in [-0.3, -0.25) is 0 Å². The summed E-state index contributed by atoms with van der Waals surface area (Å²) in [6.07, 6.45) is 0. The van der Waals surface area contributed by atoms with Crippen LogP contribution < -0.4 is 0 Å². The molecule has 12 heteroatoms. The quantitative estimate of drug-likeness (QED) is 0.136. The lowest BCUT2D eigenvalue weighted by Crippen LogP contribution is -2.04. The molecule has 0 saturated carbocycles. The molecule has 0 radical (unpaired) electrons. The maximum Gasteiger partial charge on any atom is 0.164 e. The molecule has 71 heavy (non-hydrogen) atoms. The van der Waals surface area contributed by atoms with Crippen LogP contribution in [-0.4, -0.2) is 59.4 Å². The van der Waals surface area contributed by atoms with Crippen LogP contribution in [0.2, 0.25) is 0 Å². The Bertz CT molecular complexity index is 3710. The minimum atomic E-state index is 0.501. The first-order chi connectivity index (χ1) is 34.8. The predicted octanol–water partition coefficient (Wildman–Crippen LogP) is 12.7. The van der Waals surface area contributed by atoms with Crippen LogP contribution in [-0.2, 0) is 0 Å². The highest BCUT2D eigenvalue weighted by atomic mass is 15.1. The van der Waals surface area contributed by atoms with Crippen LogP contribution >= 0.6 is 0 Å². The summed E-state index contributed by atoms with van der Waals surface area (Å²) in [5.74, 6) is 5.89. The van der Waals surface area contributed by atoms with Crippen molar-refractivity contribution in [2.24, 2.45) is 0 Å². The molecular formula is C59H42N12. The van der Waals surface area contributed by atoms with Gasteiger partial charge in [0.05, 0.1) is 28.1 Å². The van der Waals surface area contributed by atoms with Gasteiger partial charge in [0, 0.05) is 55.3 Å². The van der Waals surface area contributed by atoms with E-state index in [0.717, 1.165) is 83.4 Å². The maximum atomic E-state index is 5.43. The van der Waals surface area contributed by atoms with Gasteiger partial charge in [-0.05, 0) is 64.1 Å². The van der Waals surface area contributed by atoms with E-state index < -0.39 is 0 Å².